The van der Waals surface area contributed by atoms with Gasteiger partial charge in [0.05, 0.1) is 0 Å². The normalized spacial score (nSPS) is 34.4. The Bertz CT molecular complexity index is 286. The summed E-state index contributed by atoms with van der Waals surface area (Å²) in [4.78, 5) is 14.0. The molecule has 17 heavy (non-hydrogen) atoms. The van der Waals surface area contributed by atoms with Crippen molar-refractivity contribution < 1.29 is 4.79 Å². The van der Waals surface area contributed by atoms with E-state index in [1.54, 1.807) is 0 Å². The van der Waals surface area contributed by atoms with E-state index in [0.29, 0.717) is 18.0 Å². The molecule has 3 fully saturated rings. The highest BCUT2D eigenvalue weighted by molar-refractivity contribution is 5.80. The summed E-state index contributed by atoms with van der Waals surface area (Å²) in [5.41, 5.74) is 0. The lowest BCUT2D eigenvalue weighted by Crippen LogP contribution is -2.46. The molecule has 3 heteroatoms. The van der Waals surface area contributed by atoms with Crippen LogP contribution in [-0.4, -0.2) is 36.0 Å². The van der Waals surface area contributed by atoms with E-state index < -0.39 is 0 Å². The van der Waals surface area contributed by atoms with E-state index in [9.17, 15) is 4.79 Å². The van der Waals surface area contributed by atoms with E-state index in [0.717, 1.165) is 25.4 Å². The van der Waals surface area contributed by atoms with Crippen LogP contribution in [0, 0.1) is 5.92 Å². The number of nitrogens with one attached hydrogen (secondary N) is 1. The van der Waals surface area contributed by atoms with Gasteiger partial charge in [-0.1, -0.05) is 12.8 Å². The highest BCUT2D eigenvalue weighted by Gasteiger charge is 2.40. The maximum Gasteiger partial charge on any atom is 0.224 e. The van der Waals surface area contributed by atoms with Crippen molar-refractivity contribution in [3.63, 3.8) is 0 Å². The number of carbonyl (C=O) groups is 1. The van der Waals surface area contributed by atoms with E-state index in [4.69, 9.17) is 0 Å². The maximum absolute atomic E-state index is 11.9. The molecule has 3 rings (SSSR count). The zero-order valence-electron chi connectivity index (χ0n) is 10.7. The van der Waals surface area contributed by atoms with Crippen LogP contribution in [0.5, 0.6) is 0 Å². The number of amides is 1. The summed E-state index contributed by atoms with van der Waals surface area (Å²) in [6.07, 6.45) is 10.1. The molecule has 2 aliphatic heterocycles. The molecule has 1 saturated carbocycles. The lowest BCUT2D eigenvalue weighted by Gasteiger charge is -2.33. The van der Waals surface area contributed by atoms with Gasteiger partial charge in [-0.15, -0.1) is 0 Å². The third kappa shape index (κ3) is 2.35. The first kappa shape index (κ1) is 11.5. The van der Waals surface area contributed by atoms with Crippen LogP contribution in [0.3, 0.4) is 0 Å². The van der Waals surface area contributed by atoms with Crippen LogP contribution in [0.15, 0.2) is 0 Å². The number of nitrogens with zero attached hydrogens (tertiary/aromatic N) is 1. The SMILES string of the molecule is O=C1CC(NCC2CCCC2)C2CCCCN12. The third-order valence-corrected chi connectivity index (χ3v) is 4.87. The third-order valence-electron chi connectivity index (χ3n) is 4.87. The fourth-order valence-electron chi connectivity index (χ4n) is 3.87. The molecule has 2 saturated heterocycles. The summed E-state index contributed by atoms with van der Waals surface area (Å²) in [5.74, 6) is 1.27. The molecule has 3 nitrogen and oxygen atoms in total. The molecule has 3 aliphatic rings. The molecule has 0 radical (unpaired) electrons. The van der Waals surface area contributed by atoms with E-state index in [-0.39, 0.29) is 0 Å². The van der Waals surface area contributed by atoms with Gasteiger partial charge in [-0.05, 0) is 44.6 Å². The van der Waals surface area contributed by atoms with Gasteiger partial charge in [0, 0.05) is 25.0 Å². The van der Waals surface area contributed by atoms with E-state index in [2.05, 4.69) is 10.2 Å². The van der Waals surface area contributed by atoms with Gasteiger partial charge in [-0.25, -0.2) is 0 Å². The van der Waals surface area contributed by atoms with Gasteiger partial charge >= 0.3 is 0 Å². The van der Waals surface area contributed by atoms with Crippen LogP contribution < -0.4 is 5.32 Å². The molecule has 1 amide bonds. The molecule has 1 aliphatic carbocycles. The maximum atomic E-state index is 11.9. The second-order valence-corrected chi connectivity index (χ2v) is 6.02. The standard InChI is InChI=1S/C14H24N2O/c17-14-9-12(13-7-3-4-8-16(13)14)15-10-11-5-1-2-6-11/h11-13,15H,1-10H2. The molecule has 0 aromatic rings. The fourth-order valence-corrected chi connectivity index (χ4v) is 3.87. The summed E-state index contributed by atoms with van der Waals surface area (Å²) in [6, 6.07) is 0.959. The number of rotatable bonds is 3. The van der Waals surface area contributed by atoms with Crippen LogP contribution in [-0.2, 0) is 4.79 Å². The number of hydrogen-bond donors (Lipinski definition) is 1. The van der Waals surface area contributed by atoms with E-state index in [1.165, 1.54) is 44.9 Å². The zero-order chi connectivity index (χ0) is 11.7. The first-order valence-corrected chi connectivity index (χ1v) is 7.37. The van der Waals surface area contributed by atoms with Crippen LogP contribution in [0.25, 0.3) is 0 Å². The largest absolute Gasteiger partial charge is 0.338 e. The van der Waals surface area contributed by atoms with Crippen LogP contribution in [0.4, 0.5) is 0 Å². The fraction of sp³-hybridized carbons (Fsp3) is 0.929. The van der Waals surface area contributed by atoms with Crippen molar-refractivity contribution in [2.45, 2.75) is 63.5 Å². The summed E-state index contributed by atoms with van der Waals surface area (Å²) in [7, 11) is 0. The van der Waals surface area contributed by atoms with Gasteiger partial charge in [-0.2, -0.15) is 0 Å². The summed E-state index contributed by atoms with van der Waals surface area (Å²) >= 11 is 0. The number of fused-ring (bicyclic) bond motifs is 1. The topological polar surface area (TPSA) is 32.3 Å². The minimum Gasteiger partial charge on any atom is -0.338 e. The van der Waals surface area contributed by atoms with Gasteiger partial charge in [0.25, 0.3) is 0 Å². The number of carbonyl (C=O) groups excluding carboxylic acids is 1. The van der Waals surface area contributed by atoms with Crippen molar-refractivity contribution in [3.8, 4) is 0 Å². The monoisotopic (exact) mass is 236 g/mol. The molecule has 2 heterocycles. The Morgan fingerprint density at radius 2 is 1.88 bits per heavy atom. The minimum absolute atomic E-state index is 0.388. The Labute approximate surface area is 104 Å². The molecule has 0 aromatic heterocycles. The van der Waals surface area contributed by atoms with Crippen LogP contribution in [0.1, 0.15) is 51.4 Å². The number of hydrogen-bond acceptors (Lipinski definition) is 2. The predicted octanol–water partition coefficient (Wildman–Crippen LogP) is 1.92. The van der Waals surface area contributed by atoms with Gasteiger partial charge in [0.2, 0.25) is 5.91 Å². The Hall–Kier alpha value is -0.570. The summed E-state index contributed by atoms with van der Waals surface area (Å²) < 4.78 is 0. The zero-order valence-corrected chi connectivity index (χ0v) is 10.7. The van der Waals surface area contributed by atoms with Crippen LogP contribution >= 0.6 is 0 Å². The van der Waals surface area contributed by atoms with Crippen molar-refractivity contribution in [2.75, 3.05) is 13.1 Å². The van der Waals surface area contributed by atoms with Crippen molar-refractivity contribution in [3.05, 3.63) is 0 Å². The second-order valence-electron chi connectivity index (χ2n) is 6.02. The number of piperidine rings is 1. The lowest BCUT2D eigenvalue weighted by molar-refractivity contribution is -0.129. The highest BCUT2D eigenvalue weighted by Crippen LogP contribution is 2.29. The van der Waals surface area contributed by atoms with Gasteiger partial charge < -0.3 is 10.2 Å². The Morgan fingerprint density at radius 1 is 1.12 bits per heavy atom. The molecule has 96 valence electrons. The highest BCUT2D eigenvalue weighted by atomic mass is 16.2. The molecular formula is C14H24N2O. The van der Waals surface area contributed by atoms with Gasteiger partial charge in [-0.3, -0.25) is 4.79 Å². The molecule has 2 unspecified atom stereocenters. The first-order chi connectivity index (χ1) is 8.34. The quantitative estimate of drug-likeness (QED) is 0.812. The molecule has 0 aromatic carbocycles. The predicted molar refractivity (Wildman–Crippen MR) is 67.7 cm³/mol. The second kappa shape index (κ2) is 4.97. The van der Waals surface area contributed by atoms with Crippen molar-refractivity contribution in [2.24, 2.45) is 5.92 Å². The van der Waals surface area contributed by atoms with Gasteiger partial charge in [0.15, 0.2) is 0 Å². The molecule has 0 spiro atoms. The van der Waals surface area contributed by atoms with Crippen molar-refractivity contribution in [1.82, 2.24) is 10.2 Å². The first-order valence-electron chi connectivity index (χ1n) is 7.37. The van der Waals surface area contributed by atoms with E-state index >= 15 is 0 Å². The Kier molecular flexibility index (Phi) is 3.37. The molecular weight excluding hydrogens is 212 g/mol. The molecule has 0 bridgehead atoms. The smallest absolute Gasteiger partial charge is 0.224 e. The summed E-state index contributed by atoms with van der Waals surface area (Å²) in [6.45, 7) is 2.15. The molecule has 1 N–H and O–H groups in total. The van der Waals surface area contributed by atoms with E-state index in [1.807, 2.05) is 0 Å². The average Bonchev–Trinajstić information content (AvgIpc) is 2.96. The van der Waals surface area contributed by atoms with Crippen molar-refractivity contribution >= 4 is 5.91 Å². The summed E-state index contributed by atoms with van der Waals surface area (Å²) in [5, 5.41) is 3.69. The van der Waals surface area contributed by atoms with Gasteiger partial charge in [0.1, 0.15) is 0 Å². The average molecular weight is 236 g/mol. The molecule has 2 atom stereocenters. The van der Waals surface area contributed by atoms with Crippen molar-refractivity contribution in [1.29, 1.82) is 0 Å². The Balaban J connectivity index is 1.54. The Morgan fingerprint density at radius 3 is 2.71 bits per heavy atom. The van der Waals surface area contributed by atoms with Crippen LogP contribution in [0.2, 0.25) is 0 Å². The lowest BCUT2D eigenvalue weighted by atomic mass is 9.98. The minimum atomic E-state index is 0.388.